The fourth-order valence-electron chi connectivity index (χ4n) is 2.19. The van der Waals surface area contributed by atoms with Gasteiger partial charge in [0.05, 0.1) is 0 Å². The van der Waals surface area contributed by atoms with Crippen LogP contribution in [0.4, 0.5) is 10.5 Å². The third kappa shape index (κ3) is 6.52. The lowest BCUT2D eigenvalue weighted by atomic mass is 10.2. The molecule has 5 nitrogen and oxygen atoms in total. The fourth-order valence-corrected chi connectivity index (χ4v) is 3.41. The molecule has 2 rings (SSSR count). The fraction of sp³-hybridized carbons (Fsp3) is 0.278. The van der Waals surface area contributed by atoms with Crippen LogP contribution in [0.1, 0.15) is 17.5 Å². The average Bonchev–Trinajstić information content (AvgIpc) is 2.56. The van der Waals surface area contributed by atoms with Gasteiger partial charge in [-0.15, -0.1) is 0 Å². The van der Waals surface area contributed by atoms with Gasteiger partial charge in [-0.3, -0.25) is 4.21 Å². The van der Waals surface area contributed by atoms with Crippen LogP contribution < -0.4 is 10.6 Å². The second-order valence-electron chi connectivity index (χ2n) is 5.37. The summed E-state index contributed by atoms with van der Waals surface area (Å²) in [6.07, 6.45) is 0.520. The van der Waals surface area contributed by atoms with Crippen LogP contribution in [0, 0.1) is 0 Å². The normalized spacial score (nSPS) is 11.7. The summed E-state index contributed by atoms with van der Waals surface area (Å²) < 4.78 is 12.3. The molecule has 0 radical (unpaired) electrons. The Balaban J connectivity index is 1.87. The number of aliphatic hydroxyl groups excluding tert-OH is 1. The summed E-state index contributed by atoms with van der Waals surface area (Å²) in [5.74, 6) is 0.955. The molecule has 0 bridgehead atoms. The predicted molar refractivity (Wildman–Crippen MR) is 97.2 cm³/mol. The van der Waals surface area contributed by atoms with E-state index in [4.69, 9.17) is 5.11 Å². The molecule has 0 unspecified atom stereocenters. The van der Waals surface area contributed by atoms with Gasteiger partial charge in [0.2, 0.25) is 0 Å². The van der Waals surface area contributed by atoms with Crippen LogP contribution in [-0.2, 0) is 22.3 Å². The lowest BCUT2D eigenvalue weighted by Crippen LogP contribution is -2.29. The number of anilines is 1. The molecule has 2 aromatic rings. The molecule has 6 heteroatoms. The Morgan fingerprint density at radius 2 is 1.71 bits per heavy atom. The van der Waals surface area contributed by atoms with Gasteiger partial charge in [0, 0.05) is 41.1 Å². The van der Waals surface area contributed by atoms with Crippen molar-refractivity contribution in [2.45, 2.75) is 17.9 Å². The maximum atomic E-state index is 12.3. The number of aliphatic hydroxyl groups is 1. The van der Waals surface area contributed by atoms with E-state index in [2.05, 4.69) is 10.6 Å². The first-order valence-electron chi connectivity index (χ1n) is 7.81. The quantitative estimate of drug-likeness (QED) is 0.643. The molecule has 0 aliphatic heterocycles. The van der Waals surface area contributed by atoms with Gasteiger partial charge in [-0.2, -0.15) is 0 Å². The lowest BCUT2D eigenvalue weighted by Gasteiger charge is -2.09. The van der Waals surface area contributed by atoms with Crippen molar-refractivity contribution in [2.24, 2.45) is 0 Å². The first-order chi connectivity index (χ1) is 11.7. The molecule has 0 saturated heterocycles. The van der Waals surface area contributed by atoms with Gasteiger partial charge < -0.3 is 15.7 Å². The number of carbonyl (C=O) groups is 1. The van der Waals surface area contributed by atoms with Gasteiger partial charge >= 0.3 is 6.03 Å². The van der Waals surface area contributed by atoms with Crippen molar-refractivity contribution in [3.63, 3.8) is 0 Å². The molecule has 0 aliphatic carbocycles. The van der Waals surface area contributed by atoms with Crippen LogP contribution in [0.25, 0.3) is 0 Å². The standard InChI is InChI=1S/C18H22N2O3S/c21-11-5-10-19-18(22)20-17-9-4-8-16(12-17)14-24(23)13-15-6-2-1-3-7-15/h1-4,6-9,12,21H,5,10-11,13-14H2,(H2,19,20,22)/t24-/m0/s1. The molecule has 128 valence electrons. The van der Waals surface area contributed by atoms with Gasteiger partial charge in [-0.05, 0) is 29.7 Å². The van der Waals surface area contributed by atoms with Crippen LogP contribution in [0.2, 0.25) is 0 Å². The Labute approximate surface area is 144 Å². The minimum Gasteiger partial charge on any atom is -0.396 e. The predicted octanol–water partition coefficient (Wildman–Crippen LogP) is 2.64. The summed E-state index contributed by atoms with van der Waals surface area (Å²) in [7, 11) is -1.01. The van der Waals surface area contributed by atoms with Crippen LogP contribution in [0.3, 0.4) is 0 Å². The summed E-state index contributed by atoms with van der Waals surface area (Å²) in [5, 5.41) is 14.1. The van der Waals surface area contributed by atoms with Crippen LogP contribution in [0.15, 0.2) is 54.6 Å². The Morgan fingerprint density at radius 3 is 2.46 bits per heavy atom. The van der Waals surface area contributed by atoms with E-state index in [-0.39, 0.29) is 12.6 Å². The van der Waals surface area contributed by atoms with Crippen molar-refractivity contribution >= 4 is 22.5 Å². The van der Waals surface area contributed by atoms with Crippen molar-refractivity contribution in [3.05, 3.63) is 65.7 Å². The Bertz CT molecular complexity index is 677. The third-order valence-electron chi connectivity index (χ3n) is 3.30. The van der Waals surface area contributed by atoms with Gasteiger partial charge in [-0.25, -0.2) is 4.79 Å². The molecule has 24 heavy (non-hydrogen) atoms. The van der Waals surface area contributed by atoms with Crippen LogP contribution in [0.5, 0.6) is 0 Å². The minimum absolute atomic E-state index is 0.0446. The number of nitrogens with one attached hydrogen (secondary N) is 2. The Hall–Kier alpha value is -2.18. The second-order valence-corrected chi connectivity index (χ2v) is 6.83. The topological polar surface area (TPSA) is 78.4 Å². The molecule has 1 atom stereocenters. The largest absolute Gasteiger partial charge is 0.396 e. The highest BCUT2D eigenvalue weighted by atomic mass is 32.2. The molecule has 0 spiro atoms. The third-order valence-corrected chi connectivity index (χ3v) is 4.61. The molecule has 2 aromatic carbocycles. The molecule has 0 saturated carbocycles. The SMILES string of the molecule is O=C(NCCCO)Nc1cccc(C[S@@](=O)Cc2ccccc2)c1. The Kier molecular flexibility index (Phi) is 7.45. The van der Waals surface area contributed by atoms with E-state index in [1.165, 1.54) is 0 Å². The molecular weight excluding hydrogens is 324 g/mol. The van der Waals surface area contributed by atoms with Gasteiger partial charge in [-0.1, -0.05) is 42.5 Å². The molecule has 3 N–H and O–H groups in total. The number of urea groups is 1. The van der Waals surface area contributed by atoms with E-state index in [0.29, 0.717) is 30.2 Å². The Morgan fingerprint density at radius 1 is 1.00 bits per heavy atom. The van der Waals surface area contributed by atoms with Gasteiger partial charge in [0.15, 0.2) is 0 Å². The number of hydrogen-bond donors (Lipinski definition) is 3. The summed E-state index contributed by atoms with van der Waals surface area (Å²) in [5.41, 5.74) is 2.62. The highest BCUT2D eigenvalue weighted by molar-refractivity contribution is 7.83. The van der Waals surface area contributed by atoms with Crippen molar-refractivity contribution in [1.82, 2.24) is 5.32 Å². The van der Waals surface area contributed by atoms with E-state index in [9.17, 15) is 9.00 Å². The van der Waals surface area contributed by atoms with Crippen LogP contribution in [-0.4, -0.2) is 28.5 Å². The summed E-state index contributed by atoms with van der Waals surface area (Å²) in [6, 6.07) is 16.8. The summed E-state index contributed by atoms with van der Waals surface area (Å²) in [4.78, 5) is 11.7. The van der Waals surface area contributed by atoms with Gasteiger partial charge in [0.1, 0.15) is 0 Å². The zero-order chi connectivity index (χ0) is 17.2. The number of amides is 2. The van der Waals surface area contributed by atoms with E-state index in [1.807, 2.05) is 48.5 Å². The van der Waals surface area contributed by atoms with Crippen molar-refractivity contribution in [3.8, 4) is 0 Å². The summed E-state index contributed by atoms with van der Waals surface area (Å²) >= 11 is 0. The van der Waals surface area contributed by atoms with Crippen molar-refractivity contribution in [2.75, 3.05) is 18.5 Å². The number of carbonyl (C=O) groups excluding carboxylic acids is 1. The van der Waals surface area contributed by atoms with E-state index in [0.717, 1.165) is 11.1 Å². The van der Waals surface area contributed by atoms with E-state index < -0.39 is 10.8 Å². The molecular formula is C18H22N2O3S. The maximum absolute atomic E-state index is 12.3. The first kappa shape index (κ1) is 18.2. The minimum atomic E-state index is -1.01. The van der Waals surface area contributed by atoms with E-state index in [1.54, 1.807) is 6.07 Å². The van der Waals surface area contributed by atoms with Crippen LogP contribution >= 0.6 is 0 Å². The first-order valence-corrected chi connectivity index (χ1v) is 9.30. The zero-order valence-electron chi connectivity index (χ0n) is 13.4. The molecule has 0 fully saturated rings. The maximum Gasteiger partial charge on any atom is 0.319 e. The van der Waals surface area contributed by atoms with E-state index >= 15 is 0 Å². The zero-order valence-corrected chi connectivity index (χ0v) is 14.2. The summed E-state index contributed by atoms with van der Waals surface area (Å²) in [6.45, 7) is 0.464. The molecule has 2 amide bonds. The number of rotatable bonds is 8. The van der Waals surface area contributed by atoms with Crippen molar-refractivity contribution < 1.29 is 14.1 Å². The average molecular weight is 346 g/mol. The monoisotopic (exact) mass is 346 g/mol. The smallest absolute Gasteiger partial charge is 0.319 e. The van der Waals surface area contributed by atoms with Crippen molar-refractivity contribution in [1.29, 1.82) is 0 Å². The lowest BCUT2D eigenvalue weighted by molar-refractivity contribution is 0.249. The highest BCUT2D eigenvalue weighted by Gasteiger charge is 2.06. The molecule has 0 heterocycles. The number of hydrogen-bond acceptors (Lipinski definition) is 3. The number of benzene rings is 2. The molecule has 0 aromatic heterocycles. The molecule has 0 aliphatic rings. The highest BCUT2D eigenvalue weighted by Crippen LogP contribution is 2.14. The second kappa shape index (κ2) is 9.85. The van der Waals surface area contributed by atoms with Gasteiger partial charge in [0.25, 0.3) is 0 Å².